The van der Waals surface area contributed by atoms with Gasteiger partial charge in [0.05, 0.1) is 27.8 Å². The fourth-order valence-electron chi connectivity index (χ4n) is 1.17. The number of diazo groups is 1. The van der Waals surface area contributed by atoms with Crippen LogP contribution in [0.5, 0.6) is 0 Å². The van der Waals surface area contributed by atoms with Crippen molar-refractivity contribution in [1.82, 2.24) is 9.78 Å². The summed E-state index contributed by atoms with van der Waals surface area (Å²) in [4.78, 5) is 2.96. The molecule has 0 saturated heterocycles. The molecule has 20 heavy (non-hydrogen) atoms. The van der Waals surface area contributed by atoms with E-state index >= 15 is 0 Å². The molecule has 0 radical (unpaired) electrons. The molecule has 2 aromatic rings. The van der Waals surface area contributed by atoms with Crippen molar-refractivity contribution >= 4 is 39.4 Å². The van der Waals surface area contributed by atoms with Gasteiger partial charge in [-0.25, -0.2) is 0 Å². The van der Waals surface area contributed by atoms with Gasteiger partial charge in [0.2, 0.25) is 0 Å². The Bertz CT molecular complexity index is 746. The van der Waals surface area contributed by atoms with Crippen LogP contribution in [0.4, 0.5) is 5.82 Å². The Morgan fingerprint density at radius 2 is 1.85 bits per heavy atom. The van der Waals surface area contributed by atoms with Crippen molar-refractivity contribution in [3.05, 3.63) is 45.5 Å². The Labute approximate surface area is 123 Å². The zero-order chi connectivity index (χ0) is 15.3. The van der Waals surface area contributed by atoms with E-state index in [1.165, 1.54) is 4.68 Å². The highest BCUT2D eigenvalue weighted by atomic mass is 35.5. The number of benzene rings is 1. The lowest BCUT2D eigenvalue weighted by atomic mass is 10.3. The fraction of sp³-hybridized carbons (Fsp3) is 0. The van der Waals surface area contributed by atoms with Crippen LogP contribution in [0.25, 0.3) is 10.7 Å². The molecule has 2 N–H and O–H groups in total. The predicted molar refractivity (Wildman–Crippen MR) is 72.5 cm³/mol. The van der Waals surface area contributed by atoms with Crippen molar-refractivity contribution in [2.24, 2.45) is 0 Å². The highest BCUT2D eigenvalue weighted by Gasteiger charge is 2.13. The molecule has 0 fully saturated rings. The number of halogens is 2. The molecule has 1 heterocycles. The van der Waals surface area contributed by atoms with E-state index in [9.17, 15) is 0 Å². The Morgan fingerprint density at radius 3 is 2.30 bits per heavy atom. The van der Waals surface area contributed by atoms with Crippen molar-refractivity contribution < 1.29 is 17.5 Å². The molecule has 0 bridgehead atoms. The summed E-state index contributed by atoms with van der Waals surface area (Å²) in [6, 6.07) is 6.62. The molecular weight excluding hydrogens is 331 g/mol. The molecule has 0 amide bonds. The lowest BCUT2D eigenvalue weighted by Crippen LogP contribution is -1.94. The summed E-state index contributed by atoms with van der Waals surface area (Å²) in [5.41, 5.74) is 0.677. The van der Waals surface area contributed by atoms with E-state index in [1.807, 2.05) is 0 Å². The molecule has 11 heteroatoms. The van der Waals surface area contributed by atoms with Crippen LogP contribution >= 0.6 is 23.2 Å². The van der Waals surface area contributed by atoms with Gasteiger partial charge in [-0.15, -0.1) is 4.68 Å². The fourth-order valence-corrected chi connectivity index (χ4v) is 1.66. The Morgan fingerprint density at radius 1 is 1.25 bits per heavy atom. The second-order valence-corrected chi connectivity index (χ2v) is 5.00. The van der Waals surface area contributed by atoms with E-state index < -0.39 is 10.4 Å². The highest BCUT2D eigenvalue weighted by Crippen LogP contribution is 2.24. The molecule has 0 atom stereocenters. The molecule has 0 aliphatic heterocycles. The average Bonchev–Trinajstić information content (AvgIpc) is 2.75. The second kappa shape index (κ2) is 6.65. The first kappa shape index (κ1) is 16.4. The molecule has 0 unspecified atom stereocenters. The van der Waals surface area contributed by atoms with Crippen molar-refractivity contribution in [3.8, 4) is 5.69 Å². The van der Waals surface area contributed by atoms with Gasteiger partial charge in [0.1, 0.15) is 5.69 Å². The normalized spacial score (nSPS) is 10.3. The van der Waals surface area contributed by atoms with E-state index in [-0.39, 0.29) is 5.82 Å². The minimum Gasteiger partial charge on any atom is -0.264 e. The minimum absolute atomic E-state index is 0.223. The maximum atomic E-state index is 8.74. The molecule has 0 spiro atoms. The molecule has 0 aliphatic rings. The third kappa shape index (κ3) is 5.52. The standard InChI is InChI=1S/C9H5Cl2N4.H2O4S/c10-6-1-2-8(7(11)5-6)15-4-3-9(13-12)14-15;1-5(2,3)4/h1-5H;(H2,1,2,3,4)/q+1;. The monoisotopic (exact) mass is 337 g/mol. The van der Waals surface area contributed by atoms with Crippen LogP contribution in [0.15, 0.2) is 30.5 Å². The molecule has 2 rings (SSSR count). The summed E-state index contributed by atoms with van der Waals surface area (Å²) >= 11 is 11.7. The molecular formula is C9H7Cl2N4O4S+. The van der Waals surface area contributed by atoms with Crippen molar-refractivity contribution in [3.63, 3.8) is 0 Å². The summed E-state index contributed by atoms with van der Waals surface area (Å²) in [5, 5.41) is 13.5. The first-order chi connectivity index (χ1) is 9.20. The highest BCUT2D eigenvalue weighted by molar-refractivity contribution is 7.79. The van der Waals surface area contributed by atoms with E-state index in [1.54, 1.807) is 30.5 Å². The number of aromatic nitrogens is 2. The zero-order valence-electron chi connectivity index (χ0n) is 9.55. The van der Waals surface area contributed by atoms with Gasteiger partial charge in [-0.1, -0.05) is 23.2 Å². The first-order valence-corrected chi connectivity index (χ1v) is 6.92. The molecule has 0 saturated carbocycles. The molecule has 8 nitrogen and oxygen atoms in total. The minimum atomic E-state index is -4.67. The third-order valence-electron chi connectivity index (χ3n) is 1.83. The van der Waals surface area contributed by atoms with Gasteiger partial charge in [-0.2, -0.15) is 8.42 Å². The van der Waals surface area contributed by atoms with Crippen molar-refractivity contribution in [2.75, 3.05) is 0 Å². The van der Waals surface area contributed by atoms with Gasteiger partial charge in [-0.05, 0) is 18.2 Å². The van der Waals surface area contributed by atoms with Gasteiger partial charge < -0.3 is 0 Å². The van der Waals surface area contributed by atoms with Crippen LogP contribution in [0, 0.1) is 5.39 Å². The number of nitrogens with zero attached hydrogens (tertiary/aromatic N) is 4. The summed E-state index contributed by atoms with van der Waals surface area (Å²) in [7, 11) is -4.67. The van der Waals surface area contributed by atoms with E-state index in [4.69, 9.17) is 46.1 Å². The van der Waals surface area contributed by atoms with Gasteiger partial charge in [0.15, 0.2) is 0 Å². The average molecular weight is 338 g/mol. The van der Waals surface area contributed by atoms with E-state index in [2.05, 4.69) is 10.1 Å². The Balaban J connectivity index is 0.000000347. The maximum Gasteiger partial charge on any atom is 0.488 e. The maximum absolute atomic E-state index is 8.74. The Hall–Kier alpha value is -1.70. The topological polar surface area (TPSA) is 121 Å². The van der Waals surface area contributed by atoms with Crippen LogP contribution in [-0.4, -0.2) is 27.3 Å². The molecule has 1 aromatic carbocycles. The van der Waals surface area contributed by atoms with Crippen LogP contribution in [0.2, 0.25) is 10.0 Å². The van der Waals surface area contributed by atoms with Crippen molar-refractivity contribution in [2.45, 2.75) is 0 Å². The zero-order valence-corrected chi connectivity index (χ0v) is 11.9. The predicted octanol–water partition coefficient (Wildman–Crippen LogP) is 3.01. The van der Waals surface area contributed by atoms with Gasteiger partial charge in [-0.3, -0.25) is 9.11 Å². The summed E-state index contributed by atoms with van der Waals surface area (Å²) in [6.45, 7) is 0. The summed E-state index contributed by atoms with van der Waals surface area (Å²) in [5.74, 6) is 0.223. The Kier molecular flexibility index (Phi) is 5.43. The van der Waals surface area contributed by atoms with E-state index in [0.717, 1.165) is 0 Å². The lowest BCUT2D eigenvalue weighted by molar-refractivity contribution is 0.381. The van der Waals surface area contributed by atoms with Crippen LogP contribution in [0.1, 0.15) is 0 Å². The largest absolute Gasteiger partial charge is 0.488 e. The molecule has 0 aliphatic carbocycles. The van der Waals surface area contributed by atoms with Gasteiger partial charge in [0, 0.05) is 10.00 Å². The van der Waals surface area contributed by atoms with Gasteiger partial charge in [0.25, 0.3) is 0 Å². The quantitative estimate of drug-likeness (QED) is 0.609. The summed E-state index contributed by atoms with van der Waals surface area (Å²) in [6.07, 6.45) is 1.64. The second-order valence-electron chi connectivity index (χ2n) is 3.26. The van der Waals surface area contributed by atoms with Gasteiger partial charge >= 0.3 is 16.2 Å². The third-order valence-corrected chi connectivity index (χ3v) is 2.37. The molecule has 1 aromatic heterocycles. The number of hydrogen-bond acceptors (Lipinski definition) is 4. The SMILES string of the molecule is N#[N+]c1ccn(-c2ccc(Cl)cc2Cl)n1.O=S(=O)(O)O. The van der Waals surface area contributed by atoms with E-state index in [0.29, 0.717) is 15.7 Å². The summed E-state index contributed by atoms with van der Waals surface area (Å²) < 4.78 is 33.1. The van der Waals surface area contributed by atoms with Crippen molar-refractivity contribution in [1.29, 1.82) is 5.39 Å². The first-order valence-electron chi connectivity index (χ1n) is 4.77. The molecule has 106 valence electrons. The van der Waals surface area contributed by atoms with Crippen LogP contribution in [-0.2, 0) is 10.4 Å². The number of rotatable bonds is 1. The van der Waals surface area contributed by atoms with Crippen LogP contribution in [0.3, 0.4) is 0 Å². The smallest absolute Gasteiger partial charge is 0.264 e. The lowest BCUT2D eigenvalue weighted by Gasteiger charge is -1.99. The number of hydrogen-bond donors (Lipinski definition) is 2. The van der Waals surface area contributed by atoms with Crippen LogP contribution < -0.4 is 0 Å².